The molecule has 0 aliphatic carbocycles. The third-order valence-corrected chi connectivity index (χ3v) is 4.75. The van der Waals surface area contributed by atoms with Gasteiger partial charge in [-0.05, 0) is 12.8 Å². The number of hydrogen-bond donors (Lipinski definition) is 0. The van der Waals surface area contributed by atoms with Gasteiger partial charge in [0.05, 0.1) is 17.2 Å². The summed E-state index contributed by atoms with van der Waals surface area (Å²) in [4.78, 5) is 24.1. The second kappa shape index (κ2) is 7.55. The molecule has 2 aliphatic heterocycles. The molecule has 3 heterocycles. The van der Waals surface area contributed by atoms with Crippen molar-refractivity contribution in [3.05, 3.63) is 23.2 Å². The van der Waals surface area contributed by atoms with Crippen molar-refractivity contribution in [2.24, 2.45) is 0 Å². The molecule has 2 saturated heterocycles. The Labute approximate surface area is 141 Å². The fourth-order valence-electron chi connectivity index (χ4n) is 3.25. The molecular formula is C16H23ClN4O2. The summed E-state index contributed by atoms with van der Waals surface area (Å²) in [6, 6.07) is 0. The zero-order chi connectivity index (χ0) is 16.2. The number of carbonyl (C=O) groups is 1. The van der Waals surface area contributed by atoms with Crippen molar-refractivity contribution < 1.29 is 9.53 Å². The van der Waals surface area contributed by atoms with Crippen molar-refractivity contribution >= 4 is 17.5 Å². The predicted molar refractivity (Wildman–Crippen MR) is 87.3 cm³/mol. The minimum absolute atomic E-state index is 0.171. The minimum Gasteiger partial charge on any atom is -0.373 e. The molecule has 2 fully saturated rings. The third kappa shape index (κ3) is 4.62. The van der Waals surface area contributed by atoms with Gasteiger partial charge in [-0.3, -0.25) is 9.69 Å². The monoisotopic (exact) mass is 338 g/mol. The van der Waals surface area contributed by atoms with Crippen LogP contribution in [0.3, 0.4) is 0 Å². The molecule has 0 bridgehead atoms. The van der Waals surface area contributed by atoms with Crippen molar-refractivity contribution in [3.63, 3.8) is 0 Å². The number of nitrogens with zero attached hydrogens (tertiary/aromatic N) is 4. The number of hydrogen-bond acceptors (Lipinski definition) is 5. The van der Waals surface area contributed by atoms with Gasteiger partial charge in [0.15, 0.2) is 0 Å². The largest absolute Gasteiger partial charge is 0.373 e. The van der Waals surface area contributed by atoms with Crippen LogP contribution in [-0.4, -0.2) is 70.6 Å². The molecular weight excluding hydrogens is 316 g/mol. The van der Waals surface area contributed by atoms with Crippen LogP contribution in [0.5, 0.6) is 0 Å². The van der Waals surface area contributed by atoms with E-state index in [1.807, 2.05) is 4.90 Å². The van der Waals surface area contributed by atoms with Crippen molar-refractivity contribution in [1.82, 2.24) is 19.8 Å². The first-order valence-electron chi connectivity index (χ1n) is 8.20. The van der Waals surface area contributed by atoms with Gasteiger partial charge in [-0.2, -0.15) is 0 Å². The van der Waals surface area contributed by atoms with Crippen molar-refractivity contribution in [2.75, 3.05) is 32.7 Å². The molecule has 0 radical (unpaired) electrons. The Morgan fingerprint density at radius 2 is 1.87 bits per heavy atom. The van der Waals surface area contributed by atoms with Gasteiger partial charge in [-0.25, -0.2) is 9.97 Å². The average Bonchev–Trinajstić information content (AvgIpc) is 2.97. The first-order valence-corrected chi connectivity index (χ1v) is 8.57. The molecule has 6 nitrogen and oxygen atoms in total. The molecule has 0 saturated carbocycles. The van der Waals surface area contributed by atoms with Crippen LogP contribution in [0.2, 0.25) is 5.02 Å². The molecule has 7 heteroatoms. The van der Waals surface area contributed by atoms with Gasteiger partial charge in [0.1, 0.15) is 5.82 Å². The fraction of sp³-hybridized carbons (Fsp3) is 0.688. The molecule has 0 unspecified atom stereocenters. The van der Waals surface area contributed by atoms with E-state index in [4.69, 9.17) is 16.3 Å². The van der Waals surface area contributed by atoms with E-state index in [0.29, 0.717) is 5.02 Å². The van der Waals surface area contributed by atoms with Crippen LogP contribution in [0, 0.1) is 0 Å². The summed E-state index contributed by atoms with van der Waals surface area (Å²) in [6.07, 6.45) is 6.59. The number of halogens is 1. The molecule has 1 amide bonds. The molecule has 0 N–H and O–H groups in total. The maximum absolute atomic E-state index is 11.4. The highest BCUT2D eigenvalue weighted by Gasteiger charge is 2.29. The van der Waals surface area contributed by atoms with Crippen LogP contribution in [0.4, 0.5) is 0 Å². The molecule has 126 valence electrons. The van der Waals surface area contributed by atoms with E-state index in [1.54, 1.807) is 19.3 Å². The Kier molecular flexibility index (Phi) is 5.46. The van der Waals surface area contributed by atoms with Crippen LogP contribution < -0.4 is 0 Å². The van der Waals surface area contributed by atoms with E-state index < -0.39 is 0 Å². The van der Waals surface area contributed by atoms with E-state index in [-0.39, 0.29) is 18.1 Å². The Morgan fingerprint density at radius 1 is 1.22 bits per heavy atom. The lowest BCUT2D eigenvalue weighted by Gasteiger charge is -2.35. The minimum atomic E-state index is 0.171. The molecule has 0 spiro atoms. The molecule has 1 aromatic rings. The van der Waals surface area contributed by atoms with Gasteiger partial charge in [-0.15, -0.1) is 0 Å². The Hall–Kier alpha value is -1.24. The van der Waals surface area contributed by atoms with Gasteiger partial charge in [0, 0.05) is 58.5 Å². The van der Waals surface area contributed by atoms with Crippen LogP contribution in [-0.2, 0) is 16.0 Å². The second-order valence-electron chi connectivity index (χ2n) is 6.29. The quantitative estimate of drug-likeness (QED) is 0.830. The standard InChI is InChI=1S/C16H23ClN4O2/c1-12(22)21-6-4-20(5-7-21)11-15-3-2-14(23-15)8-16-18-9-13(17)10-19-16/h9-10,14-15H,2-8,11H2,1H3/t14-,15+/m0/s1. The highest BCUT2D eigenvalue weighted by molar-refractivity contribution is 6.30. The first kappa shape index (κ1) is 16.6. The zero-order valence-corrected chi connectivity index (χ0v) is 14.2. The van der Waals surface area contributed by atoms with Gasteiger partial charge in [0.25, 0.3) is 0 Å². The average molecular weight is 339 g/mol. The normalized spacial score (nSPS) is 25.7. The van der Waals surface area contributed by atoms with Crippen LogP contribution >= 0.6 is 11.6 Å². The fourth-order valence-corrected chi connectivity index (χ4v) is 3.34. The van der Waals surface area contributed by atoms with E-state index >= 15 is 0 Å². The smallest absolute Gasteiger partial charge is 0.219 e. The summed E-state index contributed by atoms with van der Waals surface area (Å²) < 4.78 is 6.14. The lowest BCUT2D eigenvalue weighted by atomic mass is 10.1. The van der Waals surface area contributed by atoms with E-state index in [0.717, 1.165) is 57.8 Å². The number of aromatic nitrogens is 2. The Balaban J connectivity index is 1.42. The van der Waals surface area contributed by atoms with E-state index in [9.17, 15) is 4.79 Å². The number of carbonyl (C=O) groups excluding carboxylic acids is 1. The molecule has 2 atom stereocenters. The summed E-state index contributed by atoms with van der Waals surface area (Å²) >= 11 is 5.80. The Morgan fingerprint density at radius 3 is 2.52 bits per heavy atom. The molecule has 2 aliphatic rings. The summed E-state index contributed by atoms with van der Waals surface area (Å²) in [7, 11) is 0. The summed E-state index contributed by atoms with van der Waals surface area (Å²) in [5.74, 6) is 0.958. The lowest BCUT2D eigenvalue weighted by Crippen LogP contribution is -2.49. The molecule has 3 rings (SSSR count). The Bertz CT molecular complexity index is 531. The predicted octanol–water partition coefficient (Wildman–Crippen LogP) is 1.38. The first-order chi connectivity index (χ1) is 11.1. The third-order valence-electron chi connectivity index (χ3n) is 4.56. The summed E-state index contributed by atoms with van der Waals surface area (Å²) in [5.41, 5.74) is 0. The summed E-state index contributed by atoms with van der Waals surface area (Å²) in [5, 5.41) is 0.559. The van der Waals surface area contributed by atoms with Gasteiger partial charge >= 0.3 is 0 Å². The zero-order valence-electron chi connectivity index (χ0n) is 13.4. The SMILES string of the molecule is CC(=O)N1CCN(C[C@H]2CC[C@@H](Cc3ncc(Cl)cn3)O2)CC1. The number of ether oxygens (including phenoxy) is 1. The maximum atomic E-state index is 11.4. The number of piperazine rings is 1. The lowest BCUT2D eigenvalue weighted by molar-refractivity contribution is -0.130. The van der Waals surface area contributed by atoms with E-state index in [1.165, 1.54) is 0 Å². The van der Waals surface area contributed by atoms with Crippen molar-refractivity contribution in [3.8, 4) is 0 Å². The molecule has 1 aromatic heterocycles. The topological polar surface area (TPSA) is 58.6 Å². The van der Waals surface area contributed by atoms with Crippen molar-refractivity contribution in [1.29, 1.82) is 0 Å². The summed E-state index contributed by atoms with van der Waals surface area (Å²) in [6.45, 7) is 6.10. The second-order valence-corrected chi connectivity index (χ2v) is 6.72. The van der Waals surface area contributed by atoms with Crippen molar-refractivity contribution in [2.45, 2.75) is 38.4 Å². The van der Waals surface area contributed by atoms with Gasteiger partial charge < -0.3 is 9.64 Å². The van der Waals surface area contributed by atoms with Gasteiger partial charge in [0.2, 0.25) is 5.91 Å². The highest BCUT2D eigenvalue weighted by atomic mass is 35.5. The highest BCUT2D eigenvalue weighted by Crippen LogP contribution is 2.23. The van der Waals surface area contributed by atoms with Crippen LogP contribution in [0.1, 0.15) is 25.6 Å². The molecule has 0 aromatic carbocycles. The van der Waals surface area contributed by atoms with Crippen LogP contribution in [0.25, 0.3) is 0 Å². The van der Waals surface area contributed by atoms with Gasteiger partial charge in [-0.1, -0.05) is 11.6 Å². The maximum Gasteiger partial charge on any atom is 0.219 e. The van der Waals surface area contributed by atoms with Crippen LogP contribution in [0.15, 0.2) is 12.4 Å². The van der Waals surface area contributed by atoms with E-state index in [2.05, 4.69) is 14.9 Å². The number of rotatable bonds is 4. The number of amides is 1. The molecule has 23 heavy (non-hydrogen) atoms.